The van der Waals surface area contributed by atoms with Gasteiger partial charge < -0.3 is 0 Å². The minimum Gasteiger partial charge on any atom is -0.296 e. The molecule has 0 saturated carbocycles. The highest BCUT2D eigenvalue weighted by atomic mass is 35.5. The number of nitrogens with zero attached hydrogens (tertiary/aromatic N) is 3. The molecule has 20 heavy (non-hydrogen) atoms. The fraction of sp³-hybridized carbons (Fsp3) is 0.750. The molecule has 0 aromatic carbocycles. The molecule has 0 bridgehead atoms. The van der Waals surface area contributed by atoms with Gasteiger partial charge in [-0.2, -0.15) is 0 Å². The van der Waals surface area contributed by atoms with E-state index in [2.05, 4.69) is 42.6 Å². The number of aromatic nitrogens is 2. The third-order valence-electron chi connectivity index (χ3n) is 3.28. The van der Waals surface area contributed by atoms with Gasteiger partial charge in [0.25, 0.3) is 0 Å². The molecule has 0 spiro atoms. The van der Waals surface area contributed by atoms with Crippen molar-refractivity contribution in [2.75, 3.05) is 13.1 Å². The van der Waals surface area contributed by atoms with Gasteiger partial charge in [0, 0.05) is 5.69 Å². The molecule has 0 saturated heterocycles. The molecular weight excluding hydrogens is 270 g/mol. The van der Waals surface area contributed by atoms with Crippen molar-refractivity contribution >= 4 is 11.6 Å². The summed E-state index contributed by atoms with van der Waals surface area (Å²) in [4.78, 5) is 11.3. The Bertz CT molecular complexity index is 372. The zero-order valence-electron chi connectivity index (χ0n) is 13.5. The van der Waals surface area contributed by atoms with Crippen molar-refractivity contribution in [2.45, 2.75) is 54.0 Å². The molecule has 0 amide bonds. The van der Waals surface area contributed by atoms with E-state index in [1.165, 1.54) is 12.8 Å². The molecule has 0 fully saturated rings. The highest BCUT2D eigenvalue weighted by Crippen LogP contribution is 2.12. The first-order chi connectivity index (χ1) is 9.36. The highest BCUT2D eigenvalue weighted by molar-refractivity contribution is 6.29. The van der Waals surface area contributed by atoms with Crippen molar-refractivity contribution in [3.8, 4) is 0 Å². The fourth-order valence-corrected chi connectivity index (χ4v) is 2.27. The van der Waals surface area contributed by atoms with Crippen LogP contribution in [-0.2, 0) is 6.54 Å². The highest BCUT2D eigenvalue weighted by Gasteiger charge is 2.11. The second kappa shape index (κ2) is 8.58. The summed E-state index contributed by atoms with van der Waals surface area (Å²) in [6.07, 6.45) is 2.41. The first-order valence-electron chi connectivity index (χ1n) is 7.59. The molecule has 0 unspecified atom stereocenters. The number of halogens is 1. The number of hydrogen-bond donors (Lipinski definition) is 0. The quantitative estimate of drug-likeness (QED) is 0.669. The predicted molar refractivity (Wildman–Crippen MR) is 86.0 cm³/mol. The Morgan fingerprint density at radius 3 is 2.05 bits per heavy atom. The van der Waals surface area contributed by atoms with E-state index >= 15 is 0 Å². The van der Waals surface area contributed by atoms with Crippen LogP contribution in [0, 0.1) is 18.8 Å². The SMILES string of the molecule is Cc1cc(Cl)nc(CN(CCC(C)C)CCC(C)C)n1. The van der Waals surface area contributed by atoms with Gasteiger partial charge in [-0.1, -0.05) is 39.3 Å². The van der Waals surface area contributed by atoms with Crippen LogP contribution in [0.25, 0.3) is 0 Å². The molecule has 1 heterocycles. The van der Waals surface area contributed by atoms with Crippen molar-refractivity contribution in [2.24, 2.45) is 11.8 Å². The average Bonchev–Trinajstić information content (AvgIpc) is 2.31. The monoisotopic (exact) mass is 297 g/mol. The van der Waals surface area contributed by atoms with Crippen LogP contribution in [-0.4, -0.2) is 28.0 Å². The minimum absolute atomic E-state index is 0.542. The third-order valence-corrected chi connectivity index (χ3v) is 3.47. The van der Waals surface area contributed by atoms with Crippen molar-refractivity contribution in [1.29, 1.82) is 0 Å². The number of hydrogen-bond acceptors (Lipinski definition) is 3. The smallest absolute Gasteiger partial charge is 0.144 e. The summed E-state index contributed by atoms with van der Waals surface area (Å²) in [5.41, 5.74) is 0.938. The van der Waals surface area contributed by atoms with E-state index in [0.717, 1.165) is 43.0 Å². The second-order valence-corrected chi connectivity index (χ2v) is 6.78. The molecule has 114 valence electrons. The summed E-state index contributed by atoms with van der Waals surface area (Å²) < 4.78 is 0. The van der Waals surface area contributed by atoms with Gasteiger partial charge >= 0.3 is 0 Å². The number of aryl methyl sites for hydroxylation is 1. The van der Waals surface area contributed by atoms with E-state index in [1.54, 1.807) is 6.07 Å². The van der Waals surface area contributed by atoms with E-state index < -0.39 is 0 Å². The average molecular weight is 298 g/mol. The van der Waals surface area contributed by atoms with Gasteiger partial charge in [0.1, 0.15) is 11.0 Å². The molecule has 0 atom stereocenters. The Morgan fingerprint density at radius 1 is 1.05 bits per heavy atom. The largest absolute Gasteiger partial charge is 0.296 e. The van der Waals surface area contributed by atoms with Gasteiger partial charge in [0.15, 0.2) is 0 Å². The third kappa shape index (κ3) is 7.20. The van der Waals surface area contributed by atoms with Gasteiger partial charge in [0.2, 0.25) is 0 Å². The fourth-order valence-electron chi connectivity index (χ4n) is 2.01. The zero-order valence-corrected chi connectivity index (χ0v) is 14.2. The predicted octanol–water partition coefficient (Wildman–Crippen LogP) is 4.33. The maximum atomic E-state index is 6.02. The first kappa shape index (κ1) is 17.4. The molecule has 1 aromatic rings. The Labute approximate surface area is 128 Å². The first-order valence-corrected chi connectivity index (χ1v) is 7.97. The van der Waals surface area contributed by atoms with Crippen molar-refractivity contribution in [1.82, 2.24) is 14.9 Å². The summed E-state index contributed by atoms with van der Waals surface area (Å²) in [5, 5.41) is 0.542. The van der Waals surface area contributed by atoms with E-state index in [0.29, 0.717) is 5.15 Å². The summed E-state index contributed by atoms with van der Waals surface area (Å²) in [7, 11) is 0. The van der Waals surface area contributed by atoms with Gasteiger partial charge in [-0.15, -0.1) is 0 Å². The summed E-state index contributed by atoms with van der Waals surface area (Å²) >= 11 is 6.02. The van der Waals surface area contributed by atoms with E-state index in [4.69, 9.17) is 11.6 Å². The molecule has 0 aliphatic heterocycles. The summed E-state index contributed by atoms with van der Waals surface area (Å²) in [5.74, 6) is 2.28. The molecule has 3 nitrogen and oxygen atoms in total. The van der Waals surface area contributed by atoms with Crippen LogP contribution in [0.5, 0.6) is 0 Å². The second-order valence-electron chi connectivity index (χ2n) is 6.39. The molecule has 0 radical (unpaired) electrons. The van der Waals surface area contributed by atoms with Crippen molar-refractivity contribution < 1.29 is 0 Å². The molecule has 1 aromatic heterocycles. The Hall–Kier alpha value is -0.670. The van der Waals surface area contributed by atoms with Crippen LogP contribution in [0.4, 0.5) is 0 Å². The van der Waals surface area contributed by atoms with Gasteiger partial charge in [0.05, 0.1) is 6.54 Å². The van der Waals surface area contributed by atoms with Crippen LogP contribution in [0.2, 0.25) is 5.15 Å². The maximum Gasteiger partial charge on any atom is 0.144 e. The van der Waals surface area contributed by atoms with Crippen LogP contribution in [0.15, 0.2) is 6.07 Å². The summed E-state index contributed by atoms with van der Waals surface area (Å²) in [6, 6.07) is 1.80. The van der Waals surface area contributed by atoms with E-state index in [9.17, 15) is 0 Å². The lowest BCUT2D eigenvalue weighted by molar-refractivity contribution is 0.230. The molecule has 1 rings (SSSR count). The molecule has 0 N–H and O–H groups in total. The Balaban J connectivity index is 2.66. The van der Waals surface area contributed by atoms with Crippen LogP contribution < -0.4 is 0 Å². The van der Waals surface area contributed by atoms with Gasteiger partial charge in [-0.3, -0.25) is 4.90 Å². The lowest BCUT2D eigenvalue weighted by atomic mass is 10.1. The minimum atomic E-state index is 0.542. The van der Waals surface area contributed by atoms with Gasteiger partial charge in [-0.25, -0.2) is 9.97 Å². The van der Waals surface area contributed by atoms with Crippen LogP contribution >= 0.6 is 11.6 Å². The lowest BCUT2D eigenvalue weighted by Crippen LogP contribution is -2.28. The maximum absolute atomic E-state index is 6.02. The number of rotatable bonds is 8. The van der Waals surface area contributed by atoms with E-state index in [-0.39, 0.29) is 0 Å². The normalized spacial score (nSPS) is 11.8. The lowest BCUT2D eigenvalue weighted by Gasteiger charge is -2.23. The van der Waals surface area contributed by atoms with Gasteiger partial charge in [-0.05, 0) is 50.8 Å². The summed E-state index contributed by atoms with van der Waals surface area (Å²) in [6.45, 7) is 14.0. The standard InChI is InChI=1S/C16H28ClN3/c1-12(2)6-8-20(9-7-13(3)4)11-16-18-14(5)10-15(17)19-16/h10,12-13H,6-9,11H2,1-5H3. The topological polar surface area (TPSA) is 29.0 Å². The van der Waals surface area contributed by atoms with Crippen molar-refractivity contribution in [3.05, 3.63) is 22.7 Å². The molecular formula is C16H28ClN3. The van der Waals surface area contributed by atoms with Crippen molar-refractivity contribution in [3.63, 3.8) is 0 Å². The zero-order chi connectivity index (χ0) is 15.1. The van der Waals surface area contributed by atoms with Crippen LogP contribution in [0.1, 0.15) is 52.1 Å². The molecule has 0 aliphatic carbocycles. The Morgan fingerprint density at radius 2 is 1.60 bits per heavy atom. The molecule has 4 heteroatoms. The molecule has 0 aliphatic rings. The van der Waals surface area contributed by atoms with Crippen LogP contribution in [0.3, 0.4) is 0 Å². The van der Waals surface area contributed by atoms with E-state index in [1.807, 2.05) is 6.92 Å². The Kier molecular flexibility index (Phi) is 7.46.